The molecule has 1 fully saturated rings. The third-order valence-corrected chi connectivity index (χ3v) is 6.04. The molecule has 3 nitrogen and oxygen atoms in total. The molecule has 0 unspecified atom stereocenters. The maximum atomic E-state index is 13.1. The van der Waals surface area contributed by atoms with Crippen LogP contribution in [-0.2, 0) is 12.0 Å². The van der Waals surface area contributed by atoms with Crippen LogP contribution < -0.4 is 4.74 Å². The fourth-order valence-corrected chi connectivity index (χ4v) is 4.21. The molecule has 1 saturated heterocycles. The summed E-state index contributed by atoms with van der Waals surface area (Å²) in [5, 5.41) is 0. The molecule has 1 spiro atoms. The molecule has 0 atom stereocenters. The molecule has 2 aromatic rings. The molecule has 148 valence electrons. The SMILES string of the molecule is CC(C)(C)c1ccc2c(c1)C(=O)CC1(CCN(Cc3ccc(F)cc3)CC1)O2. The third kappa shape index (κ3) is 3.83. The zero-order valence-corrected chi connectivity index (χ0v) is 16.9. The Labute approximate surface area is 166 Å². The number of piperidine rings is 1. The number of benzene rings is 2. The molecule has 0 amide bonds. The molecule has 0 N–H and O–H groups in total. The van der Waals surface area contributed by atoms with Crippen LogP contribution in [0.2, 0.25) is 0 Å². The molecule has 4 heteroatoms. The van der Waals surface area contributed by atoms with Crippen molar-refractivity contribution in [2.24, 2.45) is 0 Å². The van der Waals surface area contributed by atoms with Gasteiger partial charge in [0.05, 0.1) is 12.0 Å². The molecule has 0 aliphatic carbocycles. The predicted octanol–water partition coefficient (Wildman–Crippen LogP) is 5.12. The summed E-state index contributed by atoms with van der Waals surface area (Å²) in [7, 11) is 0. The minimum atomic E-state index is -0.382. The maximum Gasteiger partial charge on any atom is 0.170 e. The van der Waals surface area contributed by atoms with E-state index in [4.69, 9.17) is 4.74 Å². The number of nitrogens with zero attached hydrogens (tertiary/aromatic N) is 1. The highest BCUT2D eigenvalue weighted by Crippen LogP contribution is 2.41. The number of hydrogen-bond donors (Lipinski definition) is 0. The summed E-state index contributed by atoms with van der Waals surface area (Å²) in [6.07, 6.45) is 2.12. The first-order valence-corrected chi connectivity index (χ1v) is 10.1. The van der Waals surface area contributed by atoms with E-state index in [1.54, 1.807) is 0 Å². The van der Waals surface area contributed by atoms with Crippen molar-refractivity contribution in [1.29, 1.82) is 0 Å². The van der Waals surface area contributed by atoms with Gasteiger partial charge in [-0.2, -0.15) is 0 Å². The number of likely N-dealkylation sites (tertiary alicyclic amines) is 1. The molecule has 0 saturated carbocycles. The number of carbonyl (C=O) groups is 1. The smallest absolute Gasteiger partial charge is 0.170 e. The number of Topliss-reactive ketones (excluding diaryl/α,β-unsaturated/α-hetero) is 1. The van der Waals surface area contributed by atoms with Gasteiger partial charge in [0.15, 0.2) is 5.78 Å². The summed E-state index contributed by atoms with van der Waals surface area (Å²) in [4.78, 5) is 15.3. The fourth-order valence-electron chi connectivity index (χ4n) is 4.21. The molecule has 2 heterocycles. The van der Waals surface area contributed by atoms with Crippen molar-refractivity contribution in [3.63, 3.8) is 0 Å². The van der Waals surface area contributed by atoms with Gasteiger partial charge in [-0.1, -0.05) is 39.0 Å². The Balaban J connectivity index is 1.45. The highest BCUT2D eigenvalue weighted by atomic mass is 19.1. The molecular formula is C24H28FNO2. The number of ether oxygens (including phenoxy) is 1. The van der Waals surface area contributed by atoms with E-state index in [0.29, 0.717) is 6.42 Å². The molecule has 2 aromatic carbocycles. The summed E-state index contributed by atoms with van der Waals surface area (Å²) in [5.74, 6) is 0.722. The number of rotatable bonds is 2. The van der Waals surface area contributed by atoms with E-state index in [1.807, 2.05) is 24.3 Å². The Bertz CT molecular complexity index is 874. The van der Waals surface area contributed by atoms with Gasteiger partial charge in [0, 0.05) is 32.5 Å². The van der Waals surface area contributed by atoms with E-state index in [-0.39, 0.29) is 22.6 Å². The van der Waals surface area contributed by atoms with Crippen LogP contribution in [0.1, 0.15) is 61.5 Å². The first kappa shape index (κ1) is 19.1. The molecule has 2 aliphatic rings. The summed E-state index contributed by atoms with van der Waals surface area (Å²) < 4.78 is 19.5. The van der Waals surface area contributed by atoms with Crippen molar-refractivity contribution in [3.8, 4) is 5.75 Å². The molecule has 0 radical (unpaired) electrons. The molecule has 0 bridgehead atoms. The van der Waals surface area contributed by atoms with E-state index in [2.05, 4.69) is 31.7 Å². The molecule has 2 aliphatic heterocycles. The summed E-state index contributed by atoms with van der Waals surface area (Å²) in [6, 6.07) is 12.7. The van der Waals surface area contributed by atoms with E-state index < -0.39 is 0 Å². The van der Waals surface area contributed by atoms with Crippen LogP contribution in [0.25, 0.3) is 0 Å². The van der Waals surface area contributed by atoms with E-state index in [0.717, 1.165) is 54.9 Å². The monoisotopic (exact) mass is 381 g/mol. The molecular weight excluding hydrogens is 353 g/mol. The van der Waals surface area contributed by atoms with Crippen LogP contribution in [0.5, 0.6) is 5.75 Å². The van der Waals surface area contributed by atoms with Gasteiger partial charge in [-0.05, 0) is 40.8 Å². The highest BCUT2D eigenvalue weighted by molar-refractivity contribution is 6.00. The number of fused-ring (bicyclic) bond motifs is 1. The minimum Gasteiger partial charge on any atom is -0.486 e. The van der Waals surface area contributed by atoms with Gasteiger partial charge in [0.2, 0.25) is 0 Å². The quantitative estimate of drug-likeness (QED) is 0.723. The number of ketones is 1. The molecule has 28 heavy (non-hydrogen) atoms. The lowest BCUT2D eigenvalue weighted by Crippen LogP contribution is -2.50. The zero-order valence-electron chi connectivity index (χ0n) is 16.9. The maximum absolute atomic E-state index is 13.1. The van der Waals surface area contributed by atoms with Crippen LogP contribution in [-0.4, -0.2) is 29.4 Å². The van der Waals surface area contributed by atoms with Gasteiger partial charge in [-0.15, -0.1) is 0 Å². The van der Waals surface area contributed by atoms with Crippen LogP contribution in [0.3, 0.4) is 0 Å². The van der Waals surface area contributed by atoms with E-state index in [1.165, 1.54) is 12.1 Å². The number of hydrogen-bond acceptors (Lipinski definition) is 3. The summed E-state index contributed by atoms with van der Waals surface area (Å²) in [5.41, 5.74) is 2.63. The second-order valence-corrected chi connectivity index (χ2v) is 9.25. The van der Waals surface area contributed by atoms with Crippen molar-refractivity contribution in [2.45, 2.75) is 57.6 Å². The van der Waals surface area contributed by atoms with Crippen LogP contribution in [0, 0.1) is 5.82 Å². The largest absolute Gasteiger partial charge is 0.486 e. The Morgan fingerprint density at radius 2 is 1.75 bits per heavy atom. The number of carbonyl (C=O) groups excluding carboxylic acids is 1. The predicted molar refractivity (Wildman–Crippen MR) is 108 cm³/mol. The second-order valence-electron chi connectivity index (χ2n) is 9.25. The zero-order chi connectivity index (χ0) is 19.9. The lowest BCUT2D eigenvalue weighted by molar-refractivity contribution is -0.0108. The van der Waals surface area contributed by atoms with Gasteiger partial charge >= 0.3 is 0 Å². The normalized spacial score (nSPS) is 19.4. The molecule has 4 rings (SSSR count). The van der Waals surface area contributed by atoms with Crippen LogP contribution in [0.4, 0.5) is 4.39 Å². The Morgan fingerprint density at radius 1 is 1.07 bits per heavy atom. The topological polar surface area (TPSA) is 29.5 Å². The van der Waals surface area contributed by atoms with Crippen molar-refractivity contribution in [3.05, 3.63) is 65.0 Å². The Morgan fingerprint density at radius 3 is 2.39 bits per heavy atom. The lowest BCUT2D eigenvalue weighted by Gasteiger charge is -2.44. The third-order valence-electron chi connectivity index (χ3n) is 6.04. The fraction of sp³-hybridized carbons (Fsp3) is 0.458. The van der Waals surface area contributed by atoms with Gasteiger partial charge in [-0.3, -0.25) is 9.69 Å². The van der Waals surface area contributed by atoms with Crippen LogP contribution >= 0.6 is 0 Å². The first-order chi connectivity index (χ1) is 13.2. The summed E-state index contributed by atoms with van der Waals surface area (Å²) >= 11 is 0. The standard InChI is InChI=1S/C24H28FNO2/c1-23(2,3)18-6-9-22-20(14-18)21(27)15-24(28-22)10-12-26(13-11-24)16-17-4-7-19(25)8-5-17/h4-9,14H,10-13,15-16H2,1-3H3. The van der Waals surface area contributed by atoms with Crippen molar-refractivity contribution in [1.82, 2.24) is 4.90 Å². The van der Waals surface area contributed by atoms with E-state index >= 15 is 0 Å². The van der Waals surface area contributed by atoms with Crippen molar-refractivity contribution in [2.75, 3.05) is 13.1 Å². The van der Waals surface area contributed by atoms with Gasteiger partial charge in [0.25, 0.3) is 0 Å². The molecule has 0 aromatic heterocycles. The second kappa shape index (κ2) is 7.00. The first-order valence-electron chi connectivity index (χ1n) is 10.1. The van der Waals surface area contributed by atoms with Crippen LogP contribution in [0.15, 0.2) is 42.5 Å². The highest BCUT2D eigenvalue weighted by Gasteiger charge is 2.43. The average Bonchev–Trinajstić information content (AvgIpc) is 2.65. The van der Waals surface area contributed by atoms with Crippen molar-refractivity contribution < 1.29 is 13.9 Å². The Hall–Kier alpha value is -2.20. The van der Waals surface area contributed by atoms with Gasteiger partial charge in [-0.25, -0.2) is 4.39 Å². The lowest BCUT2D eigenvalue weighted by atomic mass is 9.80. The Kier molecular flexibility index (Phi) is 4.78. The van der Waals surface area contributed by atoms with Crippen molar-refractivity contribution >= 4 is 5.78 Å². The number of halogens is 1. The van der Waals surface area contributed by atoms with Gasteiger partial charge < -0.3 is 4.74 Å². The van der Waals surface area contributed by atoms with E-state index in [9.17, 15) is 9.18 Å². The van der Waals surface area contributed by atoms with Gasteiger partial charge in [0.1, 0.15) is 17.2 Å². The minimum absolute atomic E-state index is 0.0101. The average molecular weight is 381 g/mol. The summed E-state index contributed by atoms with van der Waals surface area (Å²) in [6.45, 7) is 9.01.